The Balaban J connectivity index is 1.62. The number of nitrogens with zero attached hydrogens (tertiary/aromatic N) is 5. The minimum absolute atomic E-state index is 0.0761. The van der Waals surface area contributed by atoms with Crippen molar-refractivity contribution in [1.82, 2.24) is 19.7 Å². The number of benzene rings is 1. The number of esters is 1. The summed E-state index contributed by atoms with van der Waals surface area (Å²) in [4.78, 5) is 24.7. The van der Waals surface area contributed by atoms with E-state index in [1.165, 1.54) is 4.88 Å². The molecule has 0 saturated heterocycles. The van der Waals surface area contributed by atoms with Crippen molar-refractivity contribution in [3.8, 4) is 15.4 Å². The molecule has 192 valence electrons. The van der Waals surface area contributed by atoms with Crippen LogP contribution in [0, 0.1) is 20.8 Å². The molecule has 10 heteroatoms. The van der Waals surface area contributed by atoms with Crippen molar-refractivity contribution in [2.75, 3.05) is 0 Å². The Morgan fingerprint density at radius 2 is 1.78 bits per heavy atom. The molecule has 4 heterocycles. The van der Waals surface area contributed by atoms with E-state index >= 15 is 0 Å². The number of ether oxygens (including phenoxy) is 1. The van der Waals surface area contributed by atoms with Gasteiger partial charge in [-0.15, -0.1) is 32.9 Å². The Labute approximate surface area is 224 Å². The van der Waals surface area contributed by atoms with Crippen molar-refractivity contribution in [1.29, 1.82) is 0 Å². The third kappa shape index (κ3) is 4.88. The number of aryl methyl sites for hydroxylation is 2. The van der Waals surface area contributed by atoms with Gasteiger partial charge in [-0.25, -0.2) is 4.98 Å². The Morgan fingerprint density at radius 1 is 1.08 bits per heavy atom. The Bertz CT molecular complexity index is 1500. The fraction of sp³-hybridized carbons (Fsp3) is 0.370. The fourth-order valence-electron chi connectivity index (χ4n) is 4.40. The number of hydrogen-bond acceptors (Lipinski definition) is 9. The molecule has 8 nitrogen and oxygen atoms in total. The van der Waals surface area contributed by atoms with Crippen molar-refractivity contribution < 1.29 is 9.53 Å². The van der Waals surface area contributed by atoms with E-state index in [2.05, 4.69) is 53.3 Å². The maximum absolute atomic E-state index is 12.9. The normalized spacial score (nSPS) is 15.1. The van der Waals surface area contributed by atoms with E-state index in [1.807, 2.05) is 38.5 Å². The number of fused-ring (bicyclic) bond motifs is 3. The standard InChI is InChI=1S/C27H30N6O2S2/c1-14-15(2)36-26-23(14)24(18-9-7-17(8-10-18)20-13-29-21(12-28)37-20)30-19(11-22(34)35-27(4,5)6)25-32-31-16(3)33(25)26/h7-10,13,19H,11-12,28H2,1-6H3. The van der Waals surface area contributed by atoms with E-state index in [9.17, 15) is 4.79 Å². The molecule has 0 bridgehead atoms. The summed E-state index contributed by atoms with van der Waals surface area (Å²) in [5.74, 6) is 1.10. The van der Waals surface area contributed by atoms with Gasteiger partial charge in [0.1, 0.15) is 27.5 Å². The maximum Gasteiger partial charge on any atom is 0.308 e. The molecule has 37 heavy (non-hydrogen) atoms. The summed E-state index contributed by atoms with van der Waals surface area (Å²) < 4.78 is 7.69. The first-order valence-electron chi connectivity index (χ1n) is 12.1. The molecule has 1 aliphatic rings. The van der Waals surface area contributed by atoms with Crippen LogP contribution in [0.2, 0.25) is 0 Å². The Kier molecular flexibility index (Phi) is 6.59. The first kappa shape index (κ1) is 25.4. The fourth-order valence-corrected chi connectivity index (χ4v) is 6.41. The van der Waals surface area contributed by atoms with Crippen LogP contribution in [0.1, 0.15) is 71.5 Å². The summed E-state index contributed by atoms with van der Waals surface area (Å²) in [7, 11) is 0. The third-order valence-electron chi connectivity index (χ3n) is 6.19. The van der Waals surface area contributed by atoms with Crippen LogP contribution >= 0.6 is 22.7 Å². The molecule has 2 N–H and O–H groups in total. The SMILES string of the molecule is Cc1sc2c(c1C)C(c1ccc(-c3cnc(CN)s3)cc1)=NC(CC(=O)OC(C)(C)C)c1nnc(C)n1-2. The molecule has 0 spiro atoms. The first-order valence-corrected chi connectivity index (χ1v) is 13.8. The van der Waals surface area contributed by atoms with Crippen LogP contribution in [-0.4, -0.2) is 37.0 Å². The van der Waals surface area contributed by atoms with E-state index in [1.54, 1.807) is 22.7 Å². The van der Waals surface area contributed by atoms with Gasteiger partial charge in [0.15, 0.2) is 5.82 Å². The average Bonchev–Trinajstić information content (AvgIpc) is 3.52. The van der Waals surface area contributed by atoms with Crippen molar-refractivity contribution in [3.05, 3.63) is 68.7 Å². The highest BCUT2D eigenvalue weighted by atomic mass is 32.1. The van der Waals surface area contributed by atoms with Gasteiger partial charge < -0.3 is 10.5 Å². The lowest BCUT2D eigenvalue weighted by molar-refractivity contribution is -0.155. The van der Waals surface area contributed by atoms with E-state index < -0.39 is 11.6 Å². The summed E-state index contributed by atoms with van der Waals surface area (Å²) in [6.45, 7) is 12.2. The average molecular weight is 535 g/mol. The number of aliphatic imine (C=N–C) groups is 1. The molecule has 0 fully saturated rings. The van der Waals surface area contributed by atoms with Crippen molar-refractivity contribution >= 4 is 34.4 Å². The lowest BCUT2D eigenvalue weighted by Gasteiger charge is -2.21. The molecule has 1 aromatic carbocycles. The topological polar surface area (TPSA) is 108 Å². The van der Waals surface area contributed by atoms with E-state index in [4.69, 9.17) is 15.5 Å². The molecule has 1 atom stereocenters. The maximum atomic E-state index is 12.9. The van der Waals surface area contributed by atoms with Crippen LogP contribution in [0.4, 0.5) is 0 Å². The van der Waals surface area contributed by atoms with Crippen molar-refractivity contribution in [3.63, 3.8) is 0 Å². The number of thiazole rings is 1. The minimum atomic E-state index is -0.583. The molecule has 0 saturated carbocycles. The third-order valence-corrected chi connectivity index (χ3v) is 8.45. The largest absolute Gasteiger partial charge is 0.460 e. The van der Waals surface area contributed by atoms with Crippen LogP contribution in [0.3, 0.4) is 0 Å². The highest BCUT2D eigenvalue weighted by Gasteiger charge is 2.33. The summed E-state index contributed by atoms with van der Waals surface area (Å²) in [5.41, 5.74) is 10.3. The Morgan fingerprint density at radius 3 is 2.43 bits per heavy atom. The minimum Gasteiger partial charge on any atom is -0.460 e. The summed E-state index contributed by atoms with van der Waals surface area (Å²) in [6.07, 6.45) is 1.94. The van der Waals surface area contributed by atoms with E-state index in [0.717, 1.165) is 48.7 Å². The van der Waals surface area contributed by atoms with Gasteiger partial charge in [0.2, 0.25) is 0 Å². The molecule has 1 unspecified atom stereocenters. The van der Waals surface area contributed by atoms with E-state index in [-0.39, 0.29) is 12.4 Å². The van der Waals surface area contributed by atoms with Gasteiger partial charge in [-0.1, -0.05) is 24.3 Å². The quantitative estimate of drug-likeness (QED) is 0.341. The summed E-state index contributed by atoms with van der Waals surface area (Å²) in [5, 5.41) is 10.7. The molecule has 0 aliphatic carbocycles. The zero-order chi connectivity index (χ0) is 26.5. The molecule has 4 aromatic rings. The molecule has 5 rings (SSSR count). The van der Waals surface area contributed by atoms with Crippen LogP contribution in [0.15, 0.2) is 35.5 Å². The van der Waals surface area contributed by atoms with Gasteiger partial charge in [-0.05, 0) is 52.7 Å². The van der Waals surface area contributed by atoms with Crippen LogP contribution in [0.25, 0.3) is 15.4 Å². The van der Waals surface area contributed by atoms with Crippen LogP contribution in [0.5, 0.6) is 0 Å². The molecule has 1 aliphatic heterocycles. The molecule has 0 radical (unpaired) electrons. The number of carbonyl (C=O) groups excluding carboxylic acids is 1. The lowest BCUT2D eigenvalue weighted by atomic mass is 9.98. The highest BCUT2D eigenvalue weighted by Crippen LogP contribution is 2.40. The van der Waals surface area contributed by atoms with E-state index in [0.29, 0.717) is 12.4 Å². The molecule has 0 amide bonds. The lowest BCUT2D eigenvalue weighted by Crippen LogP contribution is -2.25. The Hall–Kier alpha value is -3.21. The van der Waals surface area contributed by atoms with Crippen molar-refractivity contribution in [2.45, 2.75) is 66.2 Å². The van der Waals surface area contributed by atoms with Crippen LogP contribution < -0.4 is 5.73 Å². The molecular weight excluding hydrogens is 504 g/mol. The second kappa shape index (κ2) is 9.59. The number of aromatic nitrogens is 4. The monoisotopic (exact) mass is 534 g/mol. The zero-order valence-corrected chi connectivity index (χ0v) is 23.5. The second-order valence-electron chi connectivity index (χ2n) is 10.1. The number of carbonyl (C=O) groups is 1. The predicted molar refractivity (Wildman–Crippen MR) is 148 cm³/mol. The zero-order valence-electron chi connectivity index (χ0n) is 21.8. The number of hydrogen-bond donors (Lipinski definition) is 1. The van der Waals surface area contributed by atoms with Gasteiger partial charge in [-0.3, -0.25) is 14.4 Å². The van der Waals surface area contributed by atoms with Gasteiger partial charge in [0.25, 0.3) is 0 Å². The predicted octanol–water partition coefficient (Wildman–Crippen LogP) is 5.46. The van der Waals surface area contributed by atoms with Gasteiger partial charge in [-0.2, -0.15) is 0 Å². The number of thiophene rings is 1. The van der Waals surface area contributed by atoms with Gasteiger partial charge in [0, 0.05) is 28.7 Å². The first-order chi connectivity index (χ1) is 17.6. The van der Waals surface area contributed by atoms with Crippen LogP contribution in [-0.2, 0) is 16.1 Å². The smallest absolute Gasteiger partial charge is 0.308 e. The highest BCUT2D eigenvalue weighted by molar-refractivity contribution is 7.15. The second-order valence-corrected chi connectivity index (χ2v) is 12.4. The molecule has 3 aromatic heterocycles. The van der Waals surface area contributed by atoms with Gasteiger partial charge in [0.05, 0.1) is 17.0 Å². The summed E-state index contributed by atoms with van der Waals surface area (Å²) in [6, 6.07) is 7.79. The van der Waals surface area contributed by atoms with Crippen molar-refractivity contribution in [2.24, 2.45) is 10.7 Å². The number of rotatable bonds is 5. The number of nitrogens with two attached hydrogens (primary N) is 1. The summed E-state index contributed by atoms with van der Waals surface area (Å²) >= 11 is 3.29. The van der Waals surface area contributed by atoms with Gasteiger partial charge >= 0.3 is 5.97 Å². The molecular formula is C27H30N6O2S2.